The maximum atomic E-state index is 12.1. The predicted molar refractivity (Wildman–Crippen MR) is 106 cm³/mol. The predicted octanol–water partition coefficient (Wildman–Crippen LogP) is 2.73. The minimum atomic E-state index is -0.583. The van der Waals surface area contributed by atoms with Crippen LogP contribution in [0.1, 0.15) is 30.0 Å². The molecule has 9 nitrogen and oxygen atoms in total. The summed E-state index contributed by atoms with van der Waals surface area (Å²) in [7, 11) is 0. The van der Waals surface area contributed by atoms with Gasteiger partial charge in [0.15, 0.2) is 6.61 Å². The van der Waals surface area contributed by atoms with Crippen LogP contribution in [0.25, 0.3) is 0 Å². The highest BCUT2D eigenvalue weighted by atomic mass is 16.6. The molecule has 0 unspecified atom stereocenters. The molecule has 0 heterocycles. The van der Waals surface area contributed by atoms with Gasteiger partial charge in [0.1, 0.15) is 6.21 Å². The van der Waals surface area contributed by atoms with E-state index in [1.165, 1.54) is 29.8 Å². The van der Waals surface area contributed by atoms with Gasteiger partial charge in [-0.2, -0.15) is 0 Å². The zero-order valence-electron chi connectivity index (χ0n) is 15.5. The van der Waals surface area contributed by atoms with Gasteiger partial charge in [0, 0.05) is 17.8 Å². The molecular weight excluding hydrogens is 376 g/mol. The Bertz CT molecular complexity index is 927. The molecule has 0 fully saturated rings. The molecule has 9 heteroatoms. The van der Waals surface area contributed by atoms with Gasteiger partial charge in [-0.25, -0.2) is 0 Å². The number of carbonyl (C=O) groups is 2. The van der Waals surface area contributed by atoms with Crippen LogP contribution >= 0.6 is 0 Å². The van der Waals surface area contributed by atoms with E-state index in [9.17, 15) is 19.7 Å². The zero-order valence-corrected chi connectivity index (χ0v) is 15.5. The van der Waals surface area contributed by atoms with E-state index in [-0.39, 0.29) is 24.2 Å². The third-order valence-corrected chi connectivity index (χ3v) is 4.49. The minimum absolute atomic E-state index is 0.0505. The van der Waals surface area contributed by atoms with E-state index in [2.05, 4.69) is 21.9 Å². The maximum absolute atomic E-state index is 12.1. The number of rotatable bonds is 7. The fourth-order valence-electron chi connectivity index (χ4n) is 3.16. The molecule has 29 heavy (non-hydrogen) atoms. The lowest BCUT2D eigenvalue weighted by molar-refractivity contribution is -0.384. The largest absolute Gasteiger partial charge is 0.386 e. The van der Waals surface area contributed by atoms with E-state index in [0.29, 0.717) is 5.69 Å². The Morgan fingerprint density at radius 3 is 2.72 bits per heavy atom. The van der Waals surface area contributed by atoms with Gasteiger partial charge in [-0.15, -0.1) is 0 Å². The fraction of sp³-hybridized carbons (Fsp3) is 0.250. The second-order valence-corrected chi connectivity index (χ2v) is 6.51. The number of aryl methyl sites for hydroxylation is 1. The molecule has 1 aliphatic rings. The molecule has 0 aliphatic heterocycles. The number of carbonyl (C=O) groups excluding carboxylic acids is 2. The van der Waals surface area contributed by atoms with Crippen molar-refractivity contribution >= 4 is 29.4 Å². The van der Waals surface area contributed by atoms with Crippen molar-refractivity contribution in [3.05, 3.63) is 69.8 Å². The van der Waals surface area contributed by atoms with Crippen molar-refractivity contribution in [2.75, 3.05) is 11.9 Å². The zero-order chi connectivity index (χ0) is 20.6. The third-order valence-electron chi connectivity index (χ3n) is 4.49. The number of non-ortho nitro benzene ring substituents is 1. The molecule has 150 valence electrons. The Balaban J connectivity index is 1.42. The molecule has 0 bridgehead atoms. The van der Waals surface area contributed by atoms with E-state index in [0.717, 1.165) is 31.0 Å². The van der Waals surface area contributed by atoms with Gasteiger partial charge in [0.25, 0.3) is 17.5 Å². The van der Waals surface area contributed by atoms with Gasteiger partial charge in [-0.3, -0.25) is 19.7 Å². The van der Waals surface area contributed by atoms with Crippen molar-refractivity contribution in [3.8, 4) is 0 Å². The number of oxime groups is 1. The first-order valence-electron chi connectivity index (χ1n) is 9.11. The Morgan fingerprint density at radius 1 is 1.21 bits per heavy atom. The van der Waals surface area contributed by atoms with Gasteiger partial charge in [0.2, 0.25) is 0 Å². The van der Waals surface area contributed by atoms with E-state index in [4.69, 9.17) is 4.84 Å². The summed E-state index contributed by atoms with van der Waals surface area (Å²) in [6.07, 6.45) is 3.77. The monoisotopic (exact) mass is 396 g/mol. The molecule has 2 amide bonds. The molecular formula is C20H20N4O5. The molecule has 1 aliphatic carbocycles. The molecule has 0 saturated carbocycles. The second-order valence-electron chi connectivity index (χ2n) is 6.51. The smallest absolute Gasteiger partial charge is 0.270 e. The summed E-state index contributed by atoms with van der Waals surface area (Å²) < 4.78 is 0. The topological polar surface area (TPSA) is 123 Å². The summed E-state index contributed by atoms with van der Waals surface area (Å²) in [4.78, 5) is 38.8. The van der Waals surface area contributed by atoms with Crippen LogP contribution in [0, 0.1) is 10.1 Å². The first-order chi connectivity index (χ1) is 14.0. The summed E-state index contributed by atoms with van der Waals surface area (Å²) in [6.45, 7) is -0.306. The molecule has 0 spiro atoms. The van der Waals surface area contributed by atoms with Gasteiger partial charge in [0.05, 0.1) is 11.0 Å². The summed E-state index contributed by atoms with van der Waals surface area (Å²) in [5, 5.41) is 19.5. The number of nitro groups is 1. The summed E-state index contributed by atoms with van der Waals surface area (Å²) in [5.41, 5.74) is 2.66. The standard InChI is InChI=1S/C20H20N4O5/c25-19(22-15-8-10-16(11-9-15)24(27)28)12-21-29-13-20(26)23-18-7-3-5-14-4-1-2-6-17(14)18/h1-2,4,6,8-12,18H,3,5,7,13H2,(H,22,25)(H,23,26)/b21-12-/t18-/m0/s1. The van der Waals surface area contributed by atoms with Gasteiger partial charge < -0.3 is 15.5 Å². The van der Waals surface area contributed by atoms with Crippen molar-refractivity contribution in [1.29, 1.82) is 0 Å². The average Bonchev–Trinajstić information content (AvgIpc) is 2.72. The van der Waals surface area contributed by atoms with Crippen molar-refractivity contribution in [3.63, 3.8) is 0 Å². The average molecular weight is 396 g/mol. The molecule has 0 radical (unpaired) electrons. The molecule has 3 rings (SSSR count). The van der Waals surface area contributed by atoms with Crippen LogP contribution in [0.4, 0.5) is 11.4 Å². The van der Waals surface area contributed by atoms with Gasteiger partial charge in [-0.1, -0.05) is 29.4 Å². The van der Waals surface area contributed by atoms with Gasteiger partial charge >= 0.3 is 0 Å². The first kappa shape index (κ1) is 20.0. The number of hydrogen-bond donors (Lipinski definition) is 2. The van der Waals surface area contributed by atoms with E-state index in [1.807, 2.05) is 18.2 Å². The number of benzene rings is 2. The number of fused-ring (bicyclic) bond motifs is 1. The molecule has 0 aromatic heterocycles. The highest BCUT2D eigenvalue weighted by Crippen LogP contribution is 2.29. The van der Waals surface area contributed by atoms with Crippen molar-refractivity contribution in [2.24, 2.45) is 5.16 Å². The number of hydrogen-bond acceptors (Lipinski definition) is 6. The van der Waals surface area contributed by atoms with Crippen LogP contribution in [0.15, 0.2) is 53.7 Å². The number of nitrogens with one attached hydrogen (secondary N) is 2. The molecule has 2 aromatic rings. The number of amides is 2. The van der Waals surface area contributed by atoms with Crippen LogP contribution in [-0.2, 0) is 20.8 Å². The normalized spacial score (nSPS) is 15.4. The van der Waals surface area contributed by atoms with Crippen LogP contribution in [-0.4, -0.2) is 29.6 Å². The number of anilines is 1. The van der Waals surface area contributed by atoms with Crippen molar-refractivity contribution < 1.29 is 19.3 Å². The third kappa shape index (κ3) is 5.61. The highest BCUT2D eigenvalue weighted by molar-refractivity contribution is 6.31. The molecule has 2 aromatic carbocycles. The Morgan fingerprint density at radius 2 is 1.97 bits per heavy atom. The summed E-state index contributed by atoms with van der Waals surface area (Å²) in [6, 6.07) is 13.3. The maximum Gasteiger partial charge on any atom is 0.270 e. The summed E-state index contributed by atoms with van der Waals surface area (Å²) >= 11 is 0. The quantitative estimate of drug-likeness (QED) is 0.423. The number of nitrogens with zero attached hydrogens (tertiary/aromatic N) is 2. The minimum Gasteiger partial charge on any atom is -0.386 e. The van der Waals surface area contributed by atoms with E-state index in [1.54, 1.807) is 0 Å². The van der Waals surface area contributed by atoms with Crippen LogP contribution in [0.3, 0.4) is 0 Å². The molecule has 0 saturated heterocycles. The Hall–Kier alpha value is -3.75. The second kappa shape index (κ2) is 9.45. The Kier molecular flexibility index (Phi) is 6.51. The first-order valence-corrected chi connectivity index (χ1v) is 9.11. The molecule has 2 N–H and O–H groups in total. The SMILES string of the molecule is O=C(/C=N\OCC(=O)N[C@H]1CCCc2ccccc21)Nc1ccc([N+](=O)[O-])cc1. The van der Waals surface area contributed by atoms with Crippen LogP contribution in [0.5, 0.6) is 0 Å². The van der Waals surface area contributed by atoms with Gasteiger partial charge in [-0.05, 0) is 42.5 Å². The highest BCUT2D eigenvalue weighted by Gasteiger charge is 2.21. The Labute approximate surface area is 166 Å². The number of nitro benzene ring substituents is 1. The van der Waals surface area contributed by atoms with Crippen molar-refractivity contribution in [1.82, 2.24) is 5.32 Å². The van der Waals surface area contributed by atoms with Crippen molar-refractivity contribution in [2.45, 2.75) is 25.3 Å². The van der Waals surface area contributed by atoms with Crippen LogP contribution in [0.2, 0.25) is 0 Å². The lowest BCUT2D eigenvalue weighted by Gasteiger charge is -2.26. The van der Waals surface area contributed by atoms with Crippen LogP contribution < -0.4 is 10.6 Å². The lowest BCUT2D eigenvalue weighted by atomic mass is 9.88. The fourth-order valence-corrected chi connectivity index (χ4v) is 3.16. The van der Waals surface area contributed by atoms with E-state index >= 15 is 0 Å². The summed E-state index contributed by atoms with van der Waals surface area (Å²) in [5.74, 6) is -0.903. The van der Waals surface area contributed by atoms with E-state index < -0.39 is 10.8 Å². The lowest BCUT2D eigenvalue weighted by Crippen LogP contribution is -2.33. The molecule has 1 atom stereocenters.